The topological polar surface area (TPSA) is 65.4 Å². The lowest BCUT2D eigenvalue weighted by molar-refractivity contribution is 0.200. The molecule has 2 heterocycles. The Balaban J connectivity index is 2.20. The van der Waals surface area contributed by atoms with E-state index in [0.29, 0.717) is 29.5 Å². The number of pyridine rings is 1. The summed E-state index contributed by atoms with van der Waals surface area (Å²) < 4.78 is 6.90. The van der Waals surface area contributed by atoms with Crippen LogP contribution in [0.3, 0.4) is 0 Å². The van der Waals surface area contributed by atoms with E-state index in [9.17, 15) is 0 Å². The van der Waals surface area contributed by atoms with Gasteiger partial charge in [-0.2, -0.15) is 5.10 Å². The molecule has 0 amide bonds. The van der Waals surface area contributed by atoms with Crippen molar-refractivity contribution < 1.29 is 4.74 Å². The van der Waals surface area contributed by atoms with Crippen molar-refractivity contribution in [1.82, 2.24) is 14.6 Å². The molecule has 3 rings (SSSR count). The van der Waals surface area contributed by atoms with Gasteiger partial charge in [-0.05, 0) is 12.1 Å². The minimum atomic E-state index is 0.315. The number of hydrogen-bond donors (Lipinski definition) is 1. The number of methoxy groups -OCH3 is 1. The molecule has 0 unspecified atom stereocenters. The van der Waals surface area contributed by atoms with Gasteiger partial charge in [-0.25, -0.2) is 9.50 Å². The van der Waals surface area contributed by atoms with E-state index in [1.807, 2.05) is 42.5 Å². The number of aromatic nitrogens is 3. The highest BCUT2D eigenvalue weighted by atomic mass is 32.1. The van der Waals surface area contributed by atoms with Gasteiger partial charge in [0.1, 0.15) is 4.99 Å². The number of thiocarbonyl (C=S) groups is 1. The summed E-state index contributed by atoms with van der Waals surface area (Å²) in [5, 5.41) is 4.58. The van der Waals surface area contributed by atoms with Crippen LogP contribution < -0.4 is 5.73 Å². The Labute approximate surface area is 133 Å². The molecule has 6 heteroatoms. The molecule has 22 heavy (non-hydrogen) atoms. The highest BCUT2D eigenvalue weighted by Crippen LogP contribution is 2.22. The summed E-state index contributed by atoms with van der Waals surface area (Å²) in [6.45, 7) is 0.569. The van der Waals surface area contributed by atoms with Gasteiger partial charge in [-0.15, -0.1) is 0 Å². The van der Waals surface area contributed by atoms with E-state index in [1.165, 1.54) is 0 Å². The molecular formula is C16H16N4OS. The Morgan fingerprint density at radius 2 is 2.00 bits per heavy atom. The second-order valence-corrected chi connectivity index (χ2v) is 5.31. The number of nitrogens with two attached hydrogens (primary N) is 1. The number of nitrogens with zero attached hydrogens (tertiary/aromatic N) is 3. The van der Waals surface area contributed by atoms with Gasteiger partial charge >= 0.3 is 0 Å². The van der Waals surface area contributed by atoms with Crippen molar-refractivity contribution >= 4 is 22.9 Å². The quantitative estimate of drug-likeness (QED) is 0.732. The molecular weight excluding hydrogens is 296 g/mol. The average molecular weight is 312 g/mol. The van der Waals surface area contributed by atoms with Crippen LogP contribution in [0.4, 0.5) is 0 Å². The Kier molecular flexibility index (Phi) is 4.13. The third kappa shape index (κ3) is 2.70. The molecule has 0 aliphatic rings. The molecule has 112 valence electrons. The van der Waals surface area contributed by atoms with Crippen molar-refractivity contribution in [1.29, 1.82) is 0 Å². The van der Waals surface area contributed by atoms with Crippen LogP contribution in [0.2, 0.25) is 0 Å². The maximum Gasteiger partial charge on any atom is 0.166 e. The van der Waals surface area contributed by atoms with Crippen LogP contribution in [0.15, 0.2) is 42.5 Å². The van der Waals surface area contributed by atoms with E-state index in [-0.39, 0.29) is 0 Å². The molecule has 2 aromatic heterocycles. The zero-order chi connectivity index (χ0) is 15.5. The summed E-state index contributed by atoms with van der Waals surface area (Å²) >= 11 is 5.12. The van der Waals surface area contributed by atoms with E-state index < -0.39 is 0 Å². The maximum absolute atomic E-state index is 5.80. The van der Waals surface area contributed by atoms with Gasteiger partial charge in [0.05, 0.1) is 17.9 Å². The van der Waals surface area contributed by atoms with Gasteiger partial charge in [-0.1, -0.05) is 42.5 Å². The fourth-order valence-corrected chi connectivity index (χ4v) is 2.48. The van der Waals surface area contributed by atoms with E-state index in [0.717, 1.165) is 16.8 Å². The fourth-order valence-electron chi connectivity index (χ4n) is 2.32. The average Bonchev–Trinajstić information content (AvgIpc) is 2.96. The summed E-state index contributed by atoms with van der Waals surface area (Å²) in [5.74, 6) is 0.711. The molecule has 0 atom stereocenters. The van der Waals surface area contributed by atoms with Gasteiger partial charge < -0.3 is 10.5 Å². The van der Waals surface area contributed by atoms with E-state index in [2.05, 4.69) is 10.1 Å². The second-order valence-electron chi connectivity index (χ2n) is 4.87. The molecule has 3 aromatic rings. The lowest BCUT2D eigenvalue weighted by atomic mass is 10.1. The summed E-state index contributed by atoms with van der Waals surface area (Å²) in [4.78, 5) is 4.88. The molecule has 0 saturated carbocycles. The van der Waals surface area contributed by atoms with Crippen LogP contribution in [-0.4, -0.2) is 33.3 Å². The van der Waals surface area contributed by atoms with Crippen molar-refractivity contribution in [3.05, 3.63) is 53.9 Å². The van der Waals surface area contributed by atoms with Crippen LogP contribution in [0.25, 0.3) is 16.9 Å². The van der Waals surface area contributed by atoms with Crippen LogP contribution in [-0.2, 0) is 11.2 Å². The Morgan fingerprint density at radius 3 is 2.68 bits per heavy atom. The van der Waals surface area contributed by atoms with E-state index in [1.54, 1.807) is 11.6 Å². The molecule has 0 aliphatic heterocycles. The standard InChI is InChI=1S/C16H16N4OS/c1-21-10-9-14-18-16-12(15(17)22)7-8-13(20(16)19-14)11-5-3-2-4-6-11/h2-8H,9-10H2,1H3,(H2,17,22). The van der Waals surface area contributed by atoms with Gasteiger partial charge in [0.25, 0.3) is 0 Å². The smallest absolute Gasteiger partial charge is 0.166 e. The highest BCUT2D eigenvalue weighted by Gasteiger charge is 2.14. The second kappa shape index (κ2) is 6.21. The summed E-state index contributed by atoms with van der Waals surface area (Å²) in [6, 6.07) is 13.9. The maximum atomic E-state index is 5.80. The molecule has 0 radical (unpaired) electrons. The lowest BCUT2D eigenvalue weighted by Crippen LogP contribution is -2.12. The summed E-state index contributed by atoms with van der Waals surface area (Å²) in [5.41, 5.74) is 9.22. The van der Waals surface area contributed by atoms with Gasteiger partial charge in [-0.3, -0.25) is 0 Å². The number of benzene rings is 1. The van der Waals surface area contributed by atoms with E-state index >= 15 is 0 Å². The molecule has 0 fully saturated rings. The minimum absolute atomic E-state index is 0.315. The predicted octanol–water partition coefficient (Wildman–Crippen LogP) is 2.22. The zero-order valence-corrected chi connectivity index (χ0v) is 13.0. The predicted molar refractivity (Wildman–Crippen MR) is 89.9 cm³/mol. The van der Waals surface area contributed by atoms with Gasteiger partial charge in [0.2, 0.25) is 0 Å². The molecule has 0 spiro atoms. The van der Waals surface area contributed by atoms with Crippen LogP contribution in [0.5, 0.6) is 0 Å². The van der Waals surface area contributed by atoms with Crippen molar-refractivity contribution in [2.75, 3.05) is 13.7 Å². The van der Waals surface area contributed by atoms with Crippen molar-refractivity contribution in [2.45, 2.75) is 6.42 Å². The van der Waals surface area contributed by atoms with Crippen LogP contribution >= 0.6 is 12.2 Å². The first kappa shape index (κ1) is 14.6. The van der Waals surface area contributed by atoms with Crippen molar-refractivity contribution in [2.24, 2.45) is 5.73 Å². The van der Waals surface area contributed by atoms with Gasteiger partial charge in [0.15, 0.2) is 11.5 Å². The first-order valence-electron chi connectivity index (χ1n) is 6.93. The van der Waals surface area contributed by atoms with E-state index in [4.69, 9.17) is 22.7 Å². The monoisotopic (exact) mass is 312 g/mol. The number of fused-ring (bicyclic) bond motifs is 1. The third-order valence-electron chi connectivity index (χ3n) is 3.39. The summed E-state index contributed by atoms with van der Waals surface area (Å²) in [6.07, 6.45) is 0.642. The molecule has 0 aliphatic carbocycles. The molecule has 2 N–H and O–H groups in total. The van der Waals surface area contributed by atoms with Crippen molar-refractivity contribution in [3.8, 4) is 11.3 Å². The first-order chi connectivity index (χ1) is 10.7. The highest BCUT2D eigenvalue weighted by molar-refractivity contribution is 7.80. The summed E-state index contributed by atoms with van der Waals surface area (Å²) in [7, 11) is 1.66. The largest absolute Gasteiger partial charge is 0.389 e. The normalized spacial score (nSPS) is 11.0. The molecule has 1 aromatic carbocycles. The Bertz CT molecular complexity index is 814. The molecule has 5 nitrogen and oxygen atoms in total. The Hall–Kier alpha value is -2.31. The Morgan fingerprint density at radius 1 is 1.23 bits per heavy atom. The van der Waals surface area contributed by atoms with Crippen LogP contribution in [0, 0.1) is 0 Å². The molecule has 0 bridgehead atoms. The zero-order valence-electron chi connectivity index (χ0n) is 12.2. The van der Waals surface area contributed by atoms with Gasteiger partial charge in [0, 0.05) is 19.1 Å². The van der Waals surface area contributed by atoms with Crippen LogP contribution in [0.1, 0.15) is 11.4 Å². The molecule has 0 saturated heterocycles. The number of hydrogen-bond acceptors (Lipinski definition) is 4. The number of ether oxygens (including phenoxy) is 1. The lowest BCUT2D eigenvalue weighted by Gasteiger charge is -2.07. The minimum Gasteiger partial charge on any atom is -0.389 e. The third-order valence-corrected chi connectivity index (χ3v) is 3.61. The van der Waals surface area contributed by atoms with Crippen molar-refractivity contribution in [3.63, 3.8) is 0 Å². The SMILES string of the molecule is COCCc1nc2c(C(N)=S)ccc(-c3ccccc3)n2n1. The number of rotatable bonds is 5. The first-order valence-corrected chi connectivity index (χ1v) is 7.34. The fraction of sp³-hybridized carbons (Fsp3) is 0.188.